The summed E-state index contributed by atoms with van der Waals surface area (Å²) in [5.74, 6) is 2.62. The molecule has 0 saturated heterocycles. The van der Waals surface area contributed by atoms with Crippen LogP contribution in [0.5, 0.6) is 0 Å². The van der Waals surface area contributed by atoms with Crippen LogP contribution in [0.4, 0.5) is 0 Å². The molecule has 0 radical (unpaired) electrons. The largest absolute Gasteiger partial charge is 0.357 e. The number of H-pyrrole nitrogens is 1. The molecule has 1 N–H and O–H groups in total. The summed E-state index contributed by atoms with van der Waals surface area (Å²) in [7, 11) is 0. The molecule has 0 unspecified atom stereocenters. The van der Waals surface area contributed by atoms with Gasteiger partial charge >= 0.3 is 0 Å². The van der Waals surface area contributed by atoms with E-state index in [0.29, 0.717) is 0 Å². The van der Waals surface area contributed by atoms with E-state index in [1.54, 1.807) is 0 Å². The van der Waals surface area contributed by atoms with Crippen molar-refractivity contribution in [2.24, 2.45) is 0 Å². The molecule has 0 aliphatic carbocycles. The molecule has 0 spiro atoms. The van der Waals surface area contributed by atoms with E-state index in [4.69, 9.17) is 18.0 Å². The quantitative estimate of drug-likeness (QED) is 0.721. The average molecular weight is 204 g/mol. The molecule has 0 aliphatic rings. The van der Waals surface area contributed by atoms with Crippen molar-refractivity contribution < 1.29 is 0 Å². The molecular formula is C12H10ClN. The van der Waals surface area contributed by atoms with Gasteiger partial charge in [0.05, 0.1) is 10.5 Å². The minimum Gasteiger partial charge on any atom is -0.357 e. The molecule has 0 fully saturated rings. The molecule has 1 aromatic carbocycles. The fourth-order valence-corrected chi connectivity index (χ4v) is 1.75. The molecule has 2 aromatic rings. The number of aromatic nitrogens is 1. The van der Waals surface area contributed by atoms with Gasteiger partial charge in [-0.3, -0.25) is 0 Å². The highest BCUT2D eigenvalue weighted by molar-refractivity contribution is 6.35. The first-order valence-electron chi connectivity index (χ1n) is 4.51. The zero-order chi connectivity index (χ0) is 9.97. The molecule has 14 heavy (non-hydrogen) atoms. The lowest BCUT2D eigenvalue weighted by molar-refractivity contribution is 0.987. The number of hydrogen-bond acceptors (Lipinski definition) is 0. The zero-order valence-electron chi connectivity index (χ0n) is 7.68. The summed E-state index contributed by atoms with van der Waals surface area (Å²) in [6.45, 7) is 0. The molecule has 0 saturated carbocycles. The number of fused-ring (bicyclic) bond motifs is 1. The van der Waals surface area contributed by atoms with Gasteiger partial charge in [-0.15, -0.1) is 12.3 Å². The number of aryl methyl sites for hydroxylation is 1. The Labute approximate surface area is 88.1 Å². The zero-order valence-corrected chi connectivity index (χ0v) is 8.43. The van der Waals surface area contributed by atoms with Gasteiger partial charge in [0.2, 0.25) is 0 Å². The number of hydrogen-bond donors (Lipinski definition) is 1. The summed E-state index contributed by atoms with van der Waals surface area (Å²) in [5, 5.41) is 1.90. The molecule has 2 heteroatoms. The predicted octanol–water partition coefficient (Wildman–Crippen LogP) is 3.39. The summed E-state index contributed by atoms with van der Waals surface area (Å²) >= 11 is 6.03. The average Bonchev–Trinajstić information content (AvgIpc) is 2.59. The van der Waals surface area contributed by atoms with Crippen LogP contribution in [0.15, 0.2) is 24.3 Å². The molecule has 2 rings (SSSR count). The van der Waals surface area contributed by atoms with E-state index in [9.17, 15) is 0 Å². The molecule has 1 nitrogen and oxygen atoms in total. The van der Waals surface area contributed by atoms with E-state index < -0.39 is 0 Å². The Bertz CT molecular complexity index is 490. The smallest absolute Gasteiger partial charge is 0.0647 e. The Morgan fingerprint density at radius 1 is 1.43 bits per heavy atom. The van der Waals surface area contributed by atoms with Crippen LogP contribution in [0.2, 0.25) is 5.02 Å². The van der Waals surface area contributed by atoms with Crippen molar-refractivity contribution in [1.29, 1.82) is 0 Å². The van der Waals surface area contributed by atoms with Crippen LogP contribution in [-0.4, -0.2) is 4.98 Å². The highest BCUT2D eigenvalue weighted by atomic mass is 35.5. The number of halogens is 1. The van der Waals surface area contributed by atoms with Crippen molar-refractivity contribution in [2.75, 3.05) is 0 Å². The minimum atomic E-state index is 0.754. The highest BCUT2D eigenvalue weighted by Gasteiger charge is 2.02. The summed E-state index contributed by atoms with van der Waals surface area (Å²) in [4.78, 5) is 3.27. The van der Waals surface area contributed by atoms with Gasteiger partial charge in [0.25, 0.3) is 0 Å². The Morgan fingerprint density at radius 3 is 3.00 bits per heavy atom. The normalized spacial score (nSPS) is 10.3. The first-order chi connectivity index (χ1) is 6.81. The molecule has 0 amide bonds. The molecule has 0 atom stereocenters. The van der Waals surface area contributed by atoms with Crippen LogP contribution in [0, 0.1) is 12.3 Å². The molecule has 70 valence electrons. The van der Waals surface area contributed by atoms with Crippen molar-refractivity contribution in [2.45, 2.75) is 12.8 Å². The van der Waals surface area contributed by atoms with Crippen LogP contribution in [-0.2, 0) is 6.42 Å². The SMILES string of the molecule is C#CCCc1cc2cccc(Cl)c2[nH]1. The third-order valence-corrected chi connectivity index (χ3v) is 2.51. The standard InChI is InChI=1S/C12H10ClN/c1-2-3-6-10-8-9-5-4-7-11(13)12(9)14-10/h1,4-5,7-8,14H,3,6H2. The number of para-hydroxylation sites is 1. The van der Waals surface area contributed by atoms with Crippen molar-refractivity contribution in [3.63, 3.8) is 0 Å². The minimum absolute atomic E-state index is 0.754. The first-order valence-corrected chi connectivity index (χ1v) is 4.88. The Hall–Kier alpha value is -1.39. The van der Waals surface area contributed by atoms with Crippen LogP contribution in [0.1, 0.15) is 12.1 Å². The fraction of sp³-hybridized carbons (Fsp3) is 0.167. The second-order valence-corrected chi connectivity index (χ2v) is 3.61. The number of aromatic amines is 1. The monoisotopic (exact) mass is 203 g/mol. The van der Waals surface area contributed by atoms with Crippen LogP contribution in [0.3, 0.4) is 0 Å². The second kappa shape index (κ2) is 3.77. The van der Waals surface area contributed by atoms with E-state index in [-0.39, 0.29) is 0 Å². The van der Waals surface area contributed by atoms with E-state index in [0.717, 1.165) is 34.5 Å². The van der Waals surface area contributed by atoms with Gasteiger partial charge in [-0.05, 0) is 18.6 Å². The summed E-state index contributed by atoms with van der Waals surface area (Å²) in [6.07, 6.45) is 6.84. The van der Waals surface area contributed by atoms with E-state index >= 15 is 0 Å². The lowest BCUT2D eigenvalue weighted by atomic mass is 10.2. The third kappa shape index (κ3) is 1.62. The van der Waals surface area contributed by atoms with E-state index in [1.165, 1.54) is 0 Å². The maximum atomic E-state index is 6.03. The maximum absolute atomic E-state index is 6.03. The Kier molecular flexibility index (Phi) is 2.47. The molecular weight excluding hydrogens is 194 g/mol. The lowest BCUT2D eigenvalue weighted by Crippen LogP contribution is -1.81. The van der Waals surface area contributed by atoms with Gasteiger partial charge in [0.15, 0.2) is 0 Å². The summed E-state index contributed by atoms with van der Waals surface area (Å²) in [6, 6.07) is 7.96. The van der Waals surface area contributed by atoms with Crippen molar-refractivity contribution >= 4 is 22.5 Å². The Balaban J connectivity index is 2.42. The van der Waals surface area contributed by atoms with Crippen LogP contribution >= 0.6 is 11.6 Å². The lowest BCUT2D eigenvalue weighted by Gasteiger charge is -1.92. The Morgan fingerprint density at radius 2 is 2.29 bits per heavy atom. The first kappa shape index (κ1) is 9.18. The fourth-order valence-electron chi connectivity index (χ4n) is 1.52. The van der Waals surface area contributed by atoms with Crippen molar-refractivity contribution in [3.05, 3.63) is 35.0 Å². The maximum Gasteiger partial charge on any atom is 0.0647 e. The van der Waals surface area contributed by atoms with Crippen LogP contribution < -0.4 is 0 Å². The van der Waals surface area contributed by atoms with Crippen LogP contribution in [0.25, 0.3) is 10.9 Å². The van der Waals surface area contributed by atoms with E-state index in [1.807, 2.05) is 18.2 Å². The van der Waals surface area contributed by atoms with E-state index in [2.05, 4.69) is 17.0 Å². The van der Waals surface area contributed by atoms with Gasteiger partial charge in [-0.25, -0.2) is 0 Å². The highest BCUT2D eigenvalue weighted by Crippen LogP contribution is 2.23. The number of rotatable bonds is 2. The van der Waals surface area contributed by atoms with Gasteiger partial charge in [0.1, 0.15) is 0 Å². The molecule has 0 bridgehead atoms. The van der Waals surface area contributed by atoms with Crippen molar-refractivity contribution in [1.82, 2.24) is 4.98 Å². The summed E-state index contributed by atoms with van der Waals surface area (Å²) < 4.78 is 0. The summed E-state index contributed by atoms with van der Waals surface area (Å²) in [5.41, 5.74) is 2.15. The van der Waals surface area contributed by atoms with Crippen molar-refractivity contribution in [3.8, 4) is 12.3 Å². The topological polar surface area (TPSA) is 15.8 Å². The van der Waals surface area contributed by atoms with Gasteiger partial charge in [-0.1, -0.05) is 23.7 Å². The van der Waals surface area contributed by atoms with Gasteiger partial charge in [-0.2, -0.15) is 0 Å². The number of terminal acetylenes is 1. The predicted molar refractivity (Wildman–Crippen MR) is 60.5 cm³/mol. The number of benzene rings is 1. The second-order valence-electron chi connectivity index (χ2n) is 3.20. The third-order valence-electron chi connectivity index (χ3n) is 2.20. The van der Waals surface area contributed by atoms with Gasteiger partial charge in [0, 0.05) is 17.5 Å². The molecule has 0 aliphatic heterocycles. The molecule has 1 heterocycles. The van der Waals surface area contributed by atoms with Gasteiger partial charge < -0.3 is 4.98 Å². The molecule has 1 aromatic heterocycles. The number of nitrogens with one attached hydrogen (secondary N) is 1.